The molecule has 5 nitrogen and oxygen atoms in total. The molecule has 4 aromatic heterocycles. The summed E-state index contributed by atoms with van der Waals surface area (Å²) in [5.41, 5.74) is 7.88. The van der Waals surface area contributed by atoms with Crippen LogP contribution < -0.4 is 9.75 Å². The molecule has 51 heavy (non-hydrogen) atoms. The van der Waals surface area contributed by atoms with Crippen LogP contribution in [-0.4, -0.2) is 19.5 Å². The van der Waals surface area contributed by atoms with Crippen LogP contribution in [0, 0.1) is 0 Å². The zero-order valence-corrected chi connectivity index (χ0v) is 28.8. The zero-order valence-electron chi connectivity index (χ0n) is 28.0. The maximum absolute atomic E-state index is 6.43. The van der Waals surface area contributed by atoms with Gasteiger partial charge in [-0.25, -0.2) is 15.0 Å². The van der Waals surface area contributed by atoms with Crippen LogP contribution in [0.2, 0.25) is 0 Å². The van der Waals surface area contributed by atoms with Crippen LogP contribution in [0.25, 0.3) is 106 Å². The minimum absolute atomic E-state index is 0.640. The number of fused-ring (bicyclic) bond motifs is 8. The molecule has 242 valence electrons. The maximum Gasteiger partial charge on any atom is 0.165 e. The second-order valence-corrected chi connectivity index (χ2v) is 13.7. The van der Waals surface area contributed by atoms with Crippen molar-refractivity contribution in [1.29, 1.82) is 0 Å². The van der Waals surface area contributed by atoms with E-state index in [2.05, 4.69) is 115 Å². The van der Waals surface area contributed by atoms with Crippen molar-refractivity contribution >= 4 is 77.3 Å². The molecule has 0 bridgehead atoms. The Balaban J connectivity index is 1.36. The molecule has 0 saturated heterocycles. The van der Waals surface area contributed by atoms with Gasteiger partial charge in [0, 0.05) is 53.2 Å². The molecule has 0 saturated carbocycles. The number of nitrogens with zero attached hydrogens (tertiary/aromatic N) is 4. The fourth-order valence-corrected chi connectivity index (χ4v) is 8.71. The number of aromatic nitrogens is 4. The molecule has 0 N–H and O–H groups in total. The largest absolute Gasteiger partial charge is 0.456 e. The summed E-state index contributed by atoms with van der Waals surface area (Å²) in [7, 11) is 0. The van der Waals surface area contributed by atoms with Gasteiger partial charge in [0.15, 0.2) is 17.5 Å². The van der Waals surface area contributed by atoms with Crippen LogP contribution in [0.15, 0.2) is 138 Å². The first kappa shape index (κ1) is 29.5. The third kappa shape index (κ3) is 4.57. The Kier molecular flexibility index (Phi) is 6.73. The van der Waals surface area contributed by atoms with Gasteiger partial charge in [-0.15, -0.1) is 11.3 Å². The van der Waals surface area contributed by atoms with E-state index < -0.39 is 0 Å². The summed E-state index contributed by atoms with van der Waals surface area (Å²) in [4.78, 5) is 15.4. The smallest absolute Gasteiger partial charge is 0.165 e. The van der Waals surface area contributed by atoms with Crippen LogP contribution >= 0.6 is 11.3 Å². The van der Waals surface area contributed by atoms with Gasteiger partial charge in [-0.1, -0.05) is 109 Å². The van der Waals surface area contributed by atoms with Gasteiger partial charge in [-0.2, -0.15) is 0 Å². The second-order valence-electron chi connectivity index (χ2n) is 12.7. The van der Waals surface area contributed by atoms with Gasteiger partial charge >= 0.3 is 0 Å². The van der Waals surface area contributed by atoms with Crippen molar-refractivity contribution in [2.24, 2.45) is 0 Å². The van der Waals surface area contributed by atoms with Gasteiger partial charge in [-0.3, -0.25) is 0 Å². The fourth-order valence-electron chi connectivity index (χ4n) is 7.49. The molecule has 0 aliphatic carbocycles. The van der Waals surface area contributed by atoms with E-state index in [1.165, 1.54) is 25.9 Å². The van der Waals surface area contributed by atoms with Crippen molar-refractivity contribution in [2.45, 2.75) is 13.8 Å². The fraction of sp³-hybridized carbons (Fsp3) is 0.0444. The van der Waals surface area contributed by atoms with Crippen molar-refractivity contribution in [1.82, 2.24) is 19.5 Å². The summed E-state index contributed by atoms with van der Waals surface area (Å²) in [5.74, 6) is 1.92. The Labute approximate surface area is 297 Å². The van der Waals surface area contributed by atoms with Crippen molar-refractivity contribution < 1.29 is 4.42 Å². The predicted octanol–water partition coefficient (Wildman–Crippen LogP) is 10.7. The number of hydrogen-bond donors (Lipinski definition) is 0. The molecule has 6 heteroatoms. The highest BCUT2D eigenvalue weighted by molar-refractivity contribution is 7.17. The van der Waals surface area contributed by atoms with Crippen LogP contribution in [0.3, 0.4) is 0 Å². The average molecular weight is 675 g/mol. The number of benzene rings is 6. The highest BCUT2D eigenvalue weighted by Crippen LogP contribution is 2.42. The Morgan fingerprint density at radius 1 is 0.569 bits per heavy atom. The van der Waals surface area contributed by atoms with Crippen LogP contribution in [-0.2, 0) is 0 Å². The molecule has 0 radical (unpaired) electrons. The molecule has 6 aromatic carbocycles. The number of furan rings is 1. The van der Waals surface area contributed by atoms with Crippen molar-refractivity contribution in [2.75, 3.05) is 0 Å². The standard InChI is InChI=1S/C45H30N4OS/c1-3-30-34-25-29(49-36-21-13-11-19-31(36)32-23-24-38-40(41(32)49)33-20-12-14-22-37(33)50-38)26-35(42(34)51-39(30)4-2)45-47-43(27-15-7-5-8-16-27)46-44(48-45)28-17-9-6-10-18-28/h3-26H,1-2H3/b30-3-,39-4+. The van der Waals surface area contributed by atoms with E-state index in [9.17, 15) is 0 Å². The molecular formula is C45H30N4OS. The summed E-state index contributed by atoms with van der Waals surface area (Å²) in [6.07, 6.45) is 4.41. The molecule has 0 atom stereocenters. The lowest BCUT2D eigenvalue weighted by Crippen LogP contribution is -2.17. The lowest BCUT2D eigenvalue weighted by molar-refractivity contribution is 0.669. The van der Waals surface area contributed by atoms with E-state index >= 15 is 0 Å². The van der Waals surface area contributed by atoms with Crippen LogP contribution in [0.5, 0.6) is 0 Å². The molecule has 4 heterocycles. The van der Waals surface area contributed by atoms with Crippen molar-refractivity contribution in [3.05, 3.63) is 143 Å². The number of rotatable bonds is 4. The molecule has 0 unspecified atom stereocenters. The highest BCUT2D eigenvalue weighted by Gasteiger charge is 2.22. The minimum Gasteiger partial charge on any atom is -0.456 e. The minimum atomic E-state index is 0.640. The molecular weight excluding hydrogens is 645 g/mol. The zero-order chi connectivity index (χ0) is 34.1. The van der Waals surface area contributed by atoms with E-state index in [1.54, 1.807) is 11.3 Å². The summed E-state index contributed by atoms with van der Waals surface area (Å²) in [6.45, 7) is 4.22. The lowest BCUT2D eigenvalue weighted by atomic mass is 10.1. The van der Waals surface area contributed by atoms with E-state index in [0.29, 0.717) is 17.5 Å². The predicted molar refractivity (Wildman–Crippen MR) is 213 cm³/mol. The van der Waals surface area contributed by atoms with Crippen LogP contribution in [0.1, 0.15) is 13.8 Å². The first-order valence-electron chi connectivity index (χ1n) is 17.1. The van der Waals surface area contributed by atoms with E-state index in [4.69, 9.17) is 19.4 Å². The molecule has 0 aliphatic heterocycles. The van der Waals surface area contributed by atoms with Crippen molar-refractivity contribution in [3.63, 3.8) is 0 Å². The van der Waals surface area contributed by atoms with Crippen molar-refractivity contribution in [3.8, 4) is 39.9 Å². The topological polar surface area (TPSA) is 56.7 Å². The van der Waals surface area contributed by atoms with Gasteiger partial charge in [-0.05, 0) is 55.5 Å². The van der Waals surface area contributed by atoms with E-state index in [0.717, 1.165) is 60.0 Å². The highest BCUT2D eigenvalue weighted by atomic mass is 32.1. The summed E-state index contributed by atoms with van der Waals surface area (Å²) in [5, 5.41) is 6.95. The molecule has 0 fully saturated rings. The Bertz CT molecular complexity index is 3040. The SMILES string of the molecule is C/C=c1\c(=C/C)sc2c(-c3nc(-c4ccccc4)nc(-c4ccccc4)n3)cc(-n3c4ccccc4c4ccc5oc6ccccc6c5c43)cc12. The Morgan fingerprint density at radius 2 is 1.22 bits per heavy atom. The summed E-state index contributed by atoms with van der Waals surface area (Å²) in [6, 6.07) is 46.2. The molecule has 10 aromatic rings. The van der Waals surface area contributed by atoms with Gasteiger partial charge in [0.2, 0.25) is 0 Å². The van der Waals surface area contributed by atoms with E-state index in [1.807, 2.05) is 48.5 Å². The third-order valence-electron chi connectivity index (χ3n) is 9.77. The van der Waals surface area contributed by atoms with E-state index in [-0.39, 0.29) is 0 Å². The van der Waals surface area contributed by atoms with Gasteiger partial charge in [0.05, 0.1) is 16.4 Å². The molecule has 0 amide bonds. The summed E-state index contributed by atoms with van der Waals surface area (Å²) >= 11 is 1.78. The number of para-hydroxylation sites is 2. The number of thiophene rings is 1. The van der Waals surface area contributed by atoms with Gasteiger partial charge in [0.1, 0.15) is 11.2 Å². The van der Waals surface area contributed by atoms with Gasteiger partial charge in [0.25, 0.3) is 0 Å². The average Bonchev–Trinajstić information content (AvgIpc) is 3.87. The normalized spacial score (nSPS) is 12.7. The molecule has 0 aliphatic rings. The monoisotopic (exact) mass is 674 g/mol. The first-order valence-corrected chi connectivity index (χ1v) is 17.9. The second kappa shape index (κ2) is 11.6. The summed E-state index contributed by atoms with van der Waals surface area (Å²) < 4.78 is 11.2. The van der Waals surface area contributed by atoms with Crippen LogP contribution in [0.4, 0.5) is 0 Å². The lowest BCUT2D eigenvalue weighted by Gasteiger charge is -2.13. The Hall–Kier alpha value is -6.37. The maximum atomic E-state index is 6.43. The first-order chi connectivity index (χ1) is 25.2. The molecule has 10 rings (SSSR count). The van der Waals surface area contributed by atoms with Gasteiger partial charge < -0.3 is 8.98 Å². The quantitative estimate of drug-likeness (QED) is 0.186. The number of hydrogen-bond acceptors (Lipinski definition) is 5. The Morgan fingerprint density at radius 3 is 1.92 bits per heavy atom. The molecule has 0 spiro atoms. The third-order valence-corrected chi connectivity index (χ3v) is 11.1.